The number of carbonyl (C=O) groups excluding carboxylic acids is 1. The van der Waals surface area contributed by atoms with Crippen molar-refractivity contribution in [2.24, 2.45) is 0 Å². The second-order valence-corrected chi connectivity index (χ2v) is 6.35. The molecule has 1 aliphatic heterocycles. The number of nitrogens with one attached hydrogen (secondary N) is 2. The second-order valence-electron chi connectivity index (χ2n) is 5.94. The van der Waals surface area contributed by atoms with Gasteiger partial charge in [0.15, 0.2) is 5.82 Å². The highest BCUT2D eigenvalue weighted by Crippen LogP contribution is 2.17. The minimum Gasteiger partial charge on any atom is -0.378 e. The van der Waals surface area contributed by atoms with E-state index >= 15 is 0 Å². The average molecular weight is 376 g/mol. The molecule has 138 valence electrons. The third-order valence-corrected chi connectivity index (χ3v) is 4.45. The molecule has 0 unspecified atom stereocenters. The summed E-state index contributed by atoms with van der Waals surface area (Å²) in [6.45, 7) is 4.21. The summed E-state index contributed by atoms with van der Waals surface area (Å²) >= 11 is 6.07. The topological polar surface area (TPSA) is 79.4 Å². The molecule has 3 rings (SSSR count). The number of rotatable bonds is 7. The number of benzene rings is 1. The lowest BCUT2D eigenvalue weighted by molar-refractivity contribution is -0.120. The summed E-state index contributed by atoms with van der Waals surface area (Å²) in [6, 6.07) is 9.32. The first kappa shape index (κ1) is 18.4. The van der Waals surface area contributed by atoms with E-state index in [1.54, 1.807) is 12.3 Å². The number of hydrogen-bond donors (Lipinski definition) is 2. The first-order chi connectivity index (χ1) is 12.7. The molecule has 0 spiro atoms. The van der Waals surface area contributed by atoms with Gasteiger partial charge in [-0.1, -0.05) is 29.8 Å². The van der Waals surface area contributed by atoms with Gasteiger partial charge >= 0.3 is 0 Å². The van der Waals surface area contributed by atoms with Crippen LogP contribution in [0.15, 0.2) is 36.5 Å². The number of anilines is 2. The predicted molar refractivity (Wildman–Crippen MR) is 102 cm³/mol. The van der Waals surface area contributed by atoms with Gasteiger partial charge in [-0.3, -0.25) is 4.79 Å². The van der Waals surface area contributed by atoms with Crippen LogP contribution in [0.1, 0.15) is 5.56 Å². The van der Waals surface area contributed by atoms with Crippen molar-refractivity contribution in [3.63, 3.8) is 0 Å². The van der Waals surface area contributed by atoms with Crippen molar-refractivity contribution in [3.8, 4) is 0 Å². The maximum absolute atomic E-state index is 12.0. The van der Waals surface area contributed by atoms with Gasteiger partial charge in [-0.25, -0.2) is 0 Å². The number of aromatic nitrogens is 2. The van der Waals surface area contributed by atoms with Gasteiger partial charge in [0.25, 0.3) is 0 Å². The lowest BCUT2D eigenvalue weighted by atomic mass is 10.1. The molecule has 0 aliphatic carbocycles. The van der Waals surface area contributed by atoms with Crippen molar-refractivity contribution in [1.82, 2.24) is 15.5 Å². The highest BCUT2D eigenvalue weighted by Gasteiger charge is 2.12. The minimum atomic E-state index is -0.0620. The number of ether oxygens (including phenoxy) is 1. The molecule has 1 aromatic heterocycles. The van der Waals surface area contributed by atoms with Crippen LogP contribution >= 0.6 is 11.6 Å². The SMILES string of the molecule is O=C(Cc1ccccc1Cl)NCCNc1cc(N2CCOCC2)cnn1. The highest BCUT2D eigenvalue weighted by molar-refractivity contribution is 6.31. The van der Waals surface area contributed by atoms with Crippen LogP contribution in [0.5, 0.6) is 0 Å². The number of amides is 1. The number of hydrogen-bond acceptors (Lipinski definition) is 6. The molecule has 1 aromatic carbocycles. The summed E-state index contributed by atoms with van der Waals surface area (Å²) in [5.74, 6) is 0.627. The van der Waals surface area contributed by atoms with Gasteiger partial charge in [-0.2, -0.15) is 5.10 Å². The summed E-state index contributed by atoms with van der Waals surface area (Å²) < 4.78 is 5.36. The van der Waals surface area contributed by atoms with Gasteiger partial charge < -0.3 is 20.3 Å². The molecule has 0 atom stereocenters. The fourth-order valence-corrected chi connectivity index (χ4v) is 2.91. The molecule has 2 heterocycles. The Morgan fingerprint density at radius 2 is 2.04 bits per heavy atom. The van der Waals surface area contributed by atoms with Crippen molar-refractivity contribution in [2.45, 2.75) is 6.42 Å². The molecule has 1 saturated heterocycles. The molecule has 1 aliphatic rings. The van der Waals surface area contributed by atoms with Crippen molar-refractivity contribution in [2.75, 3.05) is 49.6 Å². The molecule has 8 heteroatoms. The predicted octanol–water partition coefficient (Wildman–Crippen LogP) is 1.74. The van der Waals surface area contributed by atoms with E-state index in [1.165, 1.54) is 0 Å². The van der Waals surface area contributed by atoms with Crippen LogP contribution in [0.2, 0.25) is 5.02 Å². The lowest BCUT2D eigenvalue weighted by Gasteiger charge is -2.28. The van der Waals surface area contributed by atoms with E-state index in [2.05, 4.69) is 25.7 Å². The lowest BCUT2D eigenvalue weighted by Crippen LogP contribution is -2.36. The Morgan fingerprint density at radius 1 is 1.23 bits per heavy atom. The Balaban J connectivity index is 1.42. The Hall–Kier alpha value is -2.38. The summed E-state index contributed by atoms with van der Waals surface area (Å²) in [5, 5.41) is 14.8. The van der Waals surface area contributed by atoms with Gasteiger partial charge in [-0.15, -0.1) is 5.10 Å². The first-order valence-corrected chi connectivity index (χ1v) is 8.99. The number of morpholine rings is 1. The van der Waals surface area contributed by atoms with Gasteiger partial charge in [0.2, 0.25) is 5.91 Å². The fourth-order valence-electron chi connectivity index (χ4n) is 2.71. The third kappa shape index (κ3) is 5.31. The molecule has 1 amide bonds. The van der Waals surface area contributed by atoms with E-state index in [0.717, 1.165) is 37.6 Å². The van der Waals surface area contributed by atoms with Crippen LogP contribution < -0.4 is 15.5 Å². The van der Waals surface area contributed by atoms with E-state index in [4.69, 9.17) is 16.3 Å². The molecule has 26 heavy (non-hydrogen) atoms. The van der Waals surface area contributed by atoms with Crippen molar-refractivity contribution in [3.05, 3.63) is 47.1 Å². The number of halogens is 1. The van der Waals surface area contributed by atoms with Gasteiger partial charge in [0, 0.05) is 37.3 Å². The summed E-state index contributed by atoms with van der Waals surface area (Å²) in [6.07, 6.45) is 2.02. The van der Waals surface area contributed by atoms with Crippen LogP contribution in [0.4, 0.5) is 11.5 Å². The second kappa shape index (κ2) is 9.35. The summed E-state index contributed by atoms with van der Waals surface area (Å²) in [4.78, 5) is 14.2. The van der Waals surface area contributed by atoms with Crippen LogP contribution in [0.3, 0.4) is 0 Å². The molecule has 0 bridgehead atoms. The molecule has 1 fully saturated rings. The van der Waals surface area contributed by atoms with Crippen LogP contribution in [-0.2, 0) is 16.0 Å². The van der Waals surface area contributed by atoms with Crippen LogP contribution in [0.25, 0.3) is 0 Å². The molecule has 0 radical (unpaired) electrons. The Labute approximate surface area is 157 Å². The van der Waals surface area contributed by atoms with Gasteiger partial charge in [0.1, 0.15) is 0 Å². The molecule has 0 saturated carbocycles. The number of carbonyl (C=O) groups is 1. The third-order valence-electron chi connectivity index (χ3n) is 4.08. The smallest absolute Gasteiger partial charge is 0.224 e. The van der Waals surface area contributed by atoms with E-state index < -0.39 is 0 Å². The van der Waals surface area contributed by atoms with E-state index in [9.17, 15) is 4.79 Å². The zero-order valence-corrected chi connectivity index (χ0v) is 15.2. The normalized spacial score (nSPS) is 14.1. The van der Waals surface area contributed by atoms with Crippen molar-refractivity contribution in [1.29, 1.82) is 0 Å². The van der Waals surface area contributed by atoms with Gasteiger partial charge in [-0.05, 0) is 11.6 Å². The zero-order valence-electron chi connectivity index (χ0n) is 14.4. The van der Waals surface area contributed by atoms with Crippen LogP contribution in [0, 0.1) is 0 Å². The quantitative estimate of drug-likeness (QED) is 0.717. The monoisotopic (exact) mass is 375 g/mol. The first-order valence-electron chi connectivity index (χ1n) is 8.62. The molecule has 2 N–H and O–H groups in total. The molecule has 2 aromatic rings. The summed E-state index contributed by atoms with van der Waals surface area (Å²) in [7, 11) is 0. The van der Waals surface area contributed by atoms with Crippen molar-refractivity contribution < 1.29 is 9.53 Å². The fraction of sp³-hybridized carbons (Fsp3) is 0.389. The molecular formula is C18H22ClN5O2. The Morgan fingerprint density at radius 3 is 2.85 bits per heavy atom. The Kier molecular flexibility index (Phi) is 6.62. The standard InChI is InChI=1S/C18H22ClN5O2/c19-16-4-2-1-3-14(16)11-18(25)21-6-5-20-17-12-15(13-22-23-17)24-7-9-26-10-8-24/h1-4,12-13H,5-11H2,(H,20,23)(H,21,25). The average Bonchev–Trinajstić information content (AvgIpc) is 2.68. The largest absolute Gasteiger partial charge is 0.378 e. The Bertz CT molecular complexity index is 737. The molecular weight excluding hydrogens is 354 g/mol. The van der Waals surface area contributed by atoms with Gasteiger partial charge in [0.05, 0.1) is 31.5 Å². The van der Waals surface area contributed by atoms with E-state index in [1.807, 2.05) is 24.3 Å². The molecule has 7 nitrogen and oxygen atoms in total. The van der Waals surface area contributed by atoms with Crippen LogP contribution in [-0.4, -0.2) is 55.5 Å². The summed E-state index contributed by atoms with van der Waals surface area (Å²) in [5.41, 5.74) is 1.84. The van der Waals surface area contributed by atoms with E-state index in [0.29, 0.717) is 23.9 Å². The van der Waals surface area contributed by atoms with Crippen molar-refractivity contribution >= 4 is 29.0 Å². The minimum absolute atomic E-state index is 0.0620. The highest BCUT2D eigenvalue weighted by atomic mass is 35.5. The number of nitrogens with zero attached hydrogens (tertiary/aromatic N) is 3. The zero-order chi connectivity index (χ0) is 18.2. The maximum atomic E-state index is 12.0. The maximum Gasteiger partial charge on any atom is 0.224 e. The van der Waals surface area contributed by atoms with E-state index in [-0.39, 0.29) is 12.3 Å².